The summed E-state index contributed by atoms with van der Waals surface area (Å²) in [5.74, 6) is -3.61. The van der Waals surface area contributed by atoms with Crippen molar-refractivity contribution in [3.63, 3.8) is 0 Å². The van der Waals surface area contributed by atoms with Crippen LogP contribution in [0.2, 0.25) is 0 Å². The van der Waals surface area contributed by atoms with E-state index < -0.39 is 30.0 Å². The first-order valence-corrected chi connectivity index (χ1v) is 7.90. The minimum atomic E-state index is -2.90. The summed E-state index contributed by atoms with van der Waals surface area (Å²) in [4.78, 5) is 17.6. The highest BCUT2D eigenvalue weighted by Gasteiger charge is 2.46. The molecule has 2 rings (SSSR count). The summed E-state index contributed by atoms with van der Waals surface area (Å²) in [6, 6.07) is 1.64. The van der Waals surface area contributed by atoms with Crippen molar-refractivity contribution in [1.29, 1.82) is 0 Å². The Morgan fingerprint density at radius 2 is 2.08 bits per heavy atom. The van der Waals surface area contributed by atoms with Gasteiger partial charge in [-0.05, 0) is 39.3 Å². The van der Waals surface area contributed by atoms with Gasteiger partial charge in [-0.15, -0.1) is 0 Å². The molecule has 0 aliphatic carbocycles. The molecular weight excluding hydrogens is 318 g/mol. The summed E-state index contributed by atoms with van der Waals surface area (Å²) in [5.41, 5.74) is 0.414. The van der Waals surface area contributed by atoms with Gasteiger partial charge in [0.15, 0.2) is 0 Å². The second-order valence-corrected chi connectivity index (χ2v) is 7.08. The number of aromatic nitrogens is 1. The number of likely N-dealkylation sites (tertiary alicyclic amines) is 1. The van der Waals surface area contributed by atoms with E-state index in [1.807, 2.05) is 0 Å². The van der Waals surface area contributed by atoms with Gasteiger partial charge in [-0.2, -0.15) is 0 Å². The summed E-state index contributed by atoms with van der Waals surface area (Å²) in [7, 11) is 1.48. The Bertz CT molecular complexity index is 614. The number of nitrogens with zero attached hydrogens (tertiary/aromatic N) is 2. The Hall–Kier alpha value is -1.92. The molecule has 1 atom stereocenters. The summed E-state index contributed by atoms with van der Waals surface area (Å²) >= 11 is 0. The molecule has 1 aromatic heterocycles. The van der Waals surface area contributed by atoms with E-state index in [0.29, 0.717) is 17.0 Å². The largest absolute Gasteiger partial charge is 0.481 e. The van der Waals surface area contributed by atoms with Crippen LogP contribution in [-0.2, 0) is 4.74 Å². The van der Waals surface area contributed by atoms with Gasteiger partial charge in [0.2, 0.25) is 5.88 Å². The molecule has 0 bridgehead atoms. The molecule has 0 saturated carbocycles. The lowest BCUT2D eigenvalue weighted by Crippen LogP contribution is -2.49. The number of amides is 1. The van der Waals surface area contributed by atoms with Crippen LogP contribution < -0.4 is 4.74 Å². The first-order chi connectivity index (χ1) is 11.0. The van der Waals surface area contributed by atoms with E-state index in [-0.39, 0.29) is 13.1 Å². The molecule has 7 heteroatoms. The van der Waals surface area contributed by atoms with Gasteiger partial charge in [0.05, 0.1) is 13.0 Å². The Labute approximate surface area is 141 Å². The standard InChI is InChI=1S/C17H24F2N2O3/c1-11-8-12(9-20-14(11)23-5)13-10-21(7-6-17(13,18)19)15(22)24-16(2,3)4/h8-9,13H,6-7,10H2,1-5H3. The second kappa shape index (κ2) is 6.53. The summed E-state index contributed by atoms with van der Waals surface area (Å²) in [6.45, 7) is 6.87. The minimum Gasteiger partial charge on any atom is -0.481 e. The Morgan fingerprint density at radius 3 is 2.62 bits per heavy atom. The fraction of sp³-hybridized carbons (Fsp3) is 0.647. The number of carbonyl (C=O) groups is 1. The van der Waals surface area contributed by atoms with Crippen molar-refractivity contribution >= 4 is 6.09 Å². The van der Waals surface area contributed by atoms with Gasteiger partial charge in [0.1, 0.15) is 5.60 Å². The van der Waals surface area contributed by atoms with Crippen LogP contribution >= 0.6 is 0 Å². The van der Waals surface area contributed by atoms with Gasteiger partial charge in [-0.25, -0.2) is 18.6 Å². The lowest BCUT2D eigenvalue weighted by Gasteiger charge is -2.39. The highest BCUT2D eigenvalue weighted by Crippen LogP contribution is 2.41. The highest BCUT2D eigenvalue weighted by atomic mass is 19.3. The smallest absolute Gasteiger partial charge is 0.410 e. The average Bonchev–Trinajstić information content (AvgIpc) is 2.45. The number of hydrogen-bond acceptors (Lipinski definition) is 4. The molecule has 134 valence electrons. The average molecular weight is 342 g/mol. The molecule has 0 aromatic carbocycles. The molecule has 1 amide bonds. The van der Waals surface area contributed by atoms with Crippen LogP contribution in [0.3, 0.4) is 0 Å². The Balaban J connectivity index is 2.23. The predicted octanol–water partition coefficient (Wildman–Crippen LogP) is 3.76. The number of pyridine rings is 1. The number of rotatable bonds is 2. The van der Waals surface area contributed by atoms with Crippen molar-refractivity contribution in [3.8, 4) is 5.88 Å². The van der Waals surface area contributed by atoms with Crippen molar-refractivity contribution in [3.05, 3.63) is 23.4 Å². The molecule has 0 spiro atoms. The number of aryl methyl sites for hydroxylation is 1. The maximum absolute atomic E-state index is 14.4. The van der Waals surface area contributed by atoms with Gasteiger partial charge >= 0.3 is 6.09 Å². The number of ether oxygens (including phenoxy) is 2. The topological polar surface area (TPSA) is 51.7 Å². The maximum Gasteiger partial charge on any atom is 0.410 e. The van der Waals surface area contributed by atoms with Gasteiger partial charge in [-0.3, -0.25) is 0 Å². The number of hydrogen-bond donors (Lipinski definition) is 0. The maximum atomic E-state index is 14.4. The van der Waals surface area contributed by atoms with Crippen molar-refractivity contribution in [2.45, 2.75) is 51.6 Å². The summed E-state index contributed by atoms with van der Waals surface area (Å²) in [6.07, 6.45) is 0.423. The van der Waals surface area contributed by atoms with Crippen LogP contribution in [0.1, 0.15) is 44.2 Å². The zero-order valence-electron chi connectivity index (χ0n) is 14.7. The van der Waals surface area contributed by atoms with E-state index in [1.54, 1.807) is 33.8 Å². The van der Waals surface area contributed by atoms with Crippen molar-refractivity contribution in [2.24, 2.45) is 0 Å². The van der Waals surface area contributed by atoms with Crippen LogP contribution in [0.15, 0.2) is 12.3 Å². The molecule has 0 N–H and O–H groups in total. The van der Waals surface area contributed by atoms with Crippen LogP contribution in [0.5, 0.6) is 5.88 Å². The zero-order chi connectivity index (χ0) is 18.1. The monoisotopic (exact) mass is 342 g/mol. The van der Waals surface area contributed by atoms with E-state index >= 15 is 0 Å². The number of alkyl halides is 2. The molecule has 1 saturated heterocycles. The van der Waals surface area contributed by atoms with E-state index in [0.717, 1.165) is 0 Å². The van der Waals surface area contributed by atoms with E-state index in [2.05, 4.69) is 4.98 Å². The predicted molar refractivity (Wildman–Crippen MR) is 85.6 cm³/mol. The SMILES string of the molecule is COc1ncc(C2CN(C(=O)OC(C)(C)C)CCC2(F)F)cc1C. The first kappa shape index (κ1) is 18.4. The van der Waals surface area contributed by atoms with E-state index in [4.69, 9.17) is 9.47 Å². The molecule has 24 heavy (non-hydrogen) atoms. The van der Waals surface area contributed by atoms with Crippen molar-refractivity contribution in [1.82, 2.24) is 9.88 Å². The van der Waals surface area contributed by atoms with Crippen LogP contribution in [0.25, 0.3) is 0 Å². The van der Waals surface area contributed by atoms with Crippen molar-refractivity contribution < 1.29 is 23.0 Å². The normalized spacial score (nSPS) is 20.6. The van der Waals surface area contributed by atoms with Crippen LogP contribution in [0.4, 0.5) is 13.6 Å². The Morgan fingerprint density at radius 1 is 1.42 bits per heavy atom. The third kappa shape index (κ3) is 4.13. The first-order valence-electron chi connectivity index (χ1n) is 7.90. The molecule has 5 nitrogen and oxygen atoms in total. The van der Waals surface area contributed by atoms with Gasteiger partial charge in [0.25, 0.3) is 5.92 Å². The number of carbonyl (C=O) groups excluding carboxylic acids is 1. The third-order valence-corrected chi connectivity index (χ3v) is 3.93. The fourth-order valence-corrected chi connectivity index (χ4v) is 2.73. The lowest BCUT2D eigenvalue weighted by atomic mass is 9.87. The Kier molecular flexibility index (Phi) is 5.01. The molecule has 1 fully saturated rings. The summed E-state index contributed by atoms with van der Waals surface area (Å²) < 4.78 is 39.2. The molecule has 1 aromatic rings. The molecule has 2 heterocycles. The van der Waals surface area contributed by atoms with Gasteiger partial charge in [-0.1, -0.05) is 0 Å². The second-order valence-electron chi connectivity index (χ2n) is 7.08. The van der Waals surface area contributed by atoms with Crippen LogP contribution in [-0.4, -0.2) is 47.7 Å². The van der Waals surface area contributed by atoms with Crippen LogP contribution in [0, 0.1) is 6.92 Å². The van der Waals surface area contributed by atoms with Gasteiger partial charge < -0.3 is 14.4 Å². The summed E-state index contributed by atoms with van der Waals surface area (Å²) in [5, 5.41) is 0. The molecule has 1 aliphatic heterocycles. The number of methoxy groups -OCH3 is 1. The molecular formula is C17H24F2N2O3. The van der Waals surface area contributed by atoms with Gasteiger partial charge in [0, 0.05) is 31.3 Å². The highest BCUT2D eigenvalue weighted by molar-refractivity contribution is 5.68. The number of halogens is 2. The van der Waals surface area contributed by atoms with E-state index in [9.17, 15) is 13.6 Å². The van der Waals surface area contributed by atoms with E-state index in [1.165, 1.54) is 18.2 Å². The molecule has 1 aliphatic rings. The quantitative estimate of drug-likeness (QED) is 0.821. The molecule has 0 radical (unpaired) electrons. The lowest BCUT2D eigenvalue weighted by molar-refractivity contribution is -0.0771. The minimum absolute atomic E-state index is 0.0268. The molecule has 1 unspecified atom stereocenters. The third-order valence-electron chi connectivity index (χ3n) is 3.93. The zero-order valence-corrected chi connectivity index (χ0v) is 14.7. The van der Waals surface area contributed by atoms with Crippen molar-refractivity contribution in [2.75, 3.05) is 20.2 Å². The fourth-order valence-electron chi connectivity index (χ4n) is 2.73. The number of piperidine rings is 1.